The number of likely N-dealkylation sites (N-methyl/N-ethyl adjacent to an activating group) is 1. The molecule has 4 heteroatoms. The number of halogens is 1. The third kappa shape index (κ3) is 2.68. The molecule has 0 atom stereocenters. The summed E-state index contributed by atoms with van der Waals surface area (Å²) in [4.78, 5) is 0. The van der Waals surface area contributed by atoms with Gasteiger partial charge in [0.25, 0.3) is 0 Å². The molecule has 0 saturated carbocycles. The molecule has 88 valence electrons. The maximum absolute atomic E-state index is 5.58. The first kappa shape index (κ1) is 11.7. The van der Waals surface area contributed by atoms with Crippen molar-refractivity contribution < 1.29 is 9.47 Å². The van der Waals surface area contributed by atoms with Crippen molar-refractivity contribution in [3.8, 4) is 11.5 Å². The predicted octanol–water partition coefficient (Wildman–Crippen LogP) is 2.37. The van der Waals surface area contributed by atoms with Crippen LogP contribution in [0, 0.1) is 0 Å². The van der Waals surface area contributed by atoms with Crippen molar-refractivity contribution in [1.82, 2.24) is 5.32 Å². The third-order valence-corrected chi connectivity index (χ3v) is 3.09. The van der Waals surface area contributed by atoms with Crippen LogP contribution in [0.4, 0.5) is 0 Å². The van der Waals surface area contributed by atoms with Crippen LogP contribution >= 0.6 is 15.9 Å². The molecule has 2 rings (SSSR count). The summed E-state index contributed by atoms with van der Waals surface area (Å²) in [7, 11) is 0. The van der Waals surface area contributed by atoms with Crippen LogP contribution < -0.4 is 14.8 Å². The SMILES string of the molecule is CCNCCc1cc(Br)c2c(c1)OCCO2. The molecule has 1 aliphatic heterocycles. The molecular formula is C12H16BrNO2. The maximum atomic E-state index is 5.58. The Kier molecular flexibility index (Phi) is 4.07. The lowest BCUT2D eigenvalue weighted by atomic mass is 10.1. The minimum absolute atomic E-state index is 0.627. The van der Waals surface area contributed by atoms with Gasteiger partial charge in [0.05, 0.1) is 4.47 Å². The van der Waals surface area contributed by atoms with E-state index in [4.69, 9.17) is 9.47 Å². The fourth-order valence-electron chi connectivity index (χ4n) is 1.72. The van der Waals surface area contributed by atoms with Gasteiger partial charge >= 0.3 is 0 Å². The minimum Gasteiger partial charge on any atom is -0.486 e. The molecule has 0 saturated heterocycles. The molecule has 1 aromatic rings. The fourth-order valence-corrected chi connectivity index (χ4v) is 2.32. The number of fused-ring (bicyclic) bond motifs is 1. The van der Waals surface area contributed by atoms with Gasteiger partial charge in [-0.3, -0.25) is 0 Å². The predicted molar refractivity (Wildman–Crippen MR) is 67.4 cm³/mol. The number of hydrogen-bond acceptors (Lipinski definition) is 3. The molecule has 0 spiro atoms. The van der Waals surface area contributed by atoms with Crippen LogP contribution in [0.3, 0.4) is 0 Å². The van der Waals surface area contributed by atoms with Crippen molar-refractivity contribution in [3.05, 3.63) is 22.2 Å². The molecule has 1 aliphatic rings. The Morgan fingerprint density at radius 2 is 2.12 bits per heavy atom. The fraction of sp³-hybridized carbons (Fsp3) is 0.500. The van der Waals surface area contributed by atoms with E-state index < -0.39 is 0 Å². The zero-order valence-corrected chi connectivity index (χ0v) is 11.0. The van der Waals surface area contributed by atoms with E-state index in [1.165, 1.54) is 5.56 Å². The maximum Gasteiger partial charge on any atom is 0.175 e. The molecule has 16 heavy (non-hydrogen) atoms. The first-order chi connectivity index (χ1) is 7.81. The van der Waals surface area contributed by atoms with Crippen LogP contribution in [0.15, 0.2) is 16.6 Å². The van der Waals surface area contributed by atoms with Crippen molar-refractivity contribution in [1.29, 1.82) is 0 Å². The first-order valence-corrected chi connectivity index (χ1v) is 6.39. The first-order valence-electron chi connectivity index (χ1n) is 5.60. The van der Waals surface area contributed by atoms with Crippen molar-refractivity contribution in [2.75, 3.05) is 26.3 Å². The molecule has 1 aromatic carbocycles. The van der Waals surface area contributed by atoms with Crippen LogP contribution in [-0.4, -0.2) is 26.3 Å². The minimum atomic E-state index is 0.627. The third-order valence-electron chi connectivity index (χ3n) is 2.50. The van der Waals surface area contributed by atoms with Gasteiger partial charge in [-0.2, -0.15) is 0 Å². The highest BCUT2D eigenvalue weighted by Gasteiger charge is 2.15. The van der Waals surface area contributed by atoms with E-state index >= 15 is 0 Å². The van der Waals surface area contributed by atoms with Gasteiger partial charge in [0.1, 0.15) is 13.2 Å². The van der Waals surface area contributed by atoms with E-state index in [1.807, 2.05) is 0 Å². The monoisotopic (exact) mass is 285 g/mol. The molecule has 0 fully saturated rings. The zero-order valence-electron chi connectivity index (χ0n) is 9.38. The lowest BCUT2D eigenvalue weighted by Crippen LogP contribution is -2.18. The van der Waals surface area contributed by atoms with Gasteiger partial charge in [0.15, 0.2) is 11.5 Å². The molecule has 1 N–H and O–H groups in total. The van der Waals surface area contributed by atoms with Crippen LogP contribution in [0.2, 0.25) is 0 Å². The quantitative estimate of drug-likeness (QED) is 0.862. The Bertz CT molecular complexity index is 368. The van der Waals surface area contributed by atoms with Crippen molar-refractivity contribution in [3.63, 3.8) is 0 Å². The Hall–Kier alpha value is -0.740. The van der Waals surface area contributed by atoms with Crippen LogP contribution in [-0.2, 0) is 6.42 Å². The number of hydrogen-bond donors (Lipinski definition) is 1. The molecule has 0 aliphatic carbocycles. The second-order valence-corrected chi connectivity index (χ2v) is 4.56. The van der Waals surface area contributed by atoms with Gasteiger partial charge in [0, 0.05) is 0 Å². The topological polar surface area (TPSA) is 30.5 Å². The second-order valence-electron chi connectivity index (χ2n) is 3.71. The molecule has 0 amide bonds. The molecule has 0 aromatic heterocycles. The summed E-state index contributed by atoms with van der Waals surface area (Å²) in [6.07, 6.45) is 1.00. The summed E-state index contributed by atoms with van der Waals surface area (Å²) in [5, 5.41) is 3.31. The Morgan fingerprint density at radius 3 is 2.94 bits per heavy atom. The van der Waals surface area contributed by atoms with Crippen LogP contribution in [0.5, 0.6) is 11.5 Å². The summed E-state index contributed by atoms with van der Waals surface area (Å²) in [6, 6.07) is 4.17. The van der Waals surface area contributed by atoms with E-state index in [1.54, 1.807) is 0 Å². The number of nitrogens with one attached hydrogen (secondary N) is 1. The largest absolute Gasteiger partial charge is 0.486 e. The second kappa shape index (κ2) is 5.55. The number of ether oxygens (including phenoxy) is 2. The van der Waals surface area contributed by atoms with E-state index in [2.05, 4.69) is 40.3 Å². The Labute approximate surface area is 104 Å². The lowest BCUT2D eigenvalue weighted by molar-refractivity contribution is 0.170. The average molecular weight is 286 g/mol. The smallest absolute Gasteiger partial charge is 0.175 e. The number of rotatable bonds is 4. The highest BCUT2D eigenvalue weighted by molar-refractivity contribution is 9.10. The van der Waals surface area contributed by atoms with Gasteiger partial charge in [-0.05, 0) is 53.1 Å². The van der Waals surface area contributed by atoms with E-state index in [0.717, 1.165) is 35.5 Å². The number of benzene rings is 1. The molecule has 0 radical (unpaired) electrons. The van der Waals surface area contributed by atoms with Gasteiger partial charge in [-0.25, -0.2) is 0 Å². The average Bonchev–Trinajstić information content (AvgIpc) is 2.30. The highest BCUT2D eigenvalue weighted by Crippen LogP contribution is 2.38. The molecule has 1 heterocycles. The van der Waals surface area contributed by atoms with Crippen LogP contribution in [0.25, 0.3) is 0 Å². The lowest BCUT2D eigenvalue weighted by Gasteiger charge is -2.20. The van der Waals surface area contributed by atoms with E-state index in [-0.39, 0.29) is 0 Å². The Morgan fingerprint density at radius 1 is 1.31 bits per heavy atom. The van der Waals surface area contributed by atoms with Crippen LogP contribution in [0.1, 0.15) is 12.5 Å². The zero-order chi connectivity index (χ0) is 11.4. The molecular weight excluding hydrogens is 270 g/mol. The van der Waals surface area contributed by atoms with Gasteiger partial charge in [-0.1, -0.05) is 6.92 Å². The van der Waals surface area contributed by atoms with E-state index in [0.29, 0.717) is 13.2 Å². The molecule has 3 nitrogen and oxygen atoms in total. The summed E-state index contributed by atoms with van der Waals surface area (Å²) in [5.41, 5.74) is 1.26. The summed E-state index contributed by atoms with van der Waals surface area (Å²) < 4.78 is 12.1. The summed E-state index contributed by atoms with van der Waals surface area (Å²) >= 11 is 3.52. The van der Waals surface area contributed by atoms with Crippen molar-refractivity contribution in [2.24, 2.45) is 0 Å². The molecule has 0 bridgehead atoms. The summed E-state index contributed by atoms with van der Waals surface area (Å²) in [6.45, 7) is 5.37. The van der Waals surface area contributed by atoms with Crippen molar-refractivity contribution >= 4 is 15.9 Å². The summed E-state index contributed by atoms with van der Waals surface area (Å²) in [5.74, 6) is 1.69. The molecule has 0 unspecified atom stereocenters. The normalized spacial score (nSPS) is 13.9. The van der Waals surface area contributed by atoms with Gasteiger partial charge in [0.2, 0.25) is 0 Å². The Balaban J connectivity index is 2.12. The van der Waals surface area contributed by atoms with Gasteiger partial charge < -0.3 is 14.8 Å². The standard InChI is InChI=1S/C12H16BrNO2/c1-2-14-4-3-9-7-10(13)12-11(8-9)15-5-6-16-12/h7-8,14H,2-6H2,1H3. The highest BCUT2D eigenvalue weighted by atomic mass is 79.9. The van der Waals surface area contributed by atoms with Gasteiger partial charge in [-0.15, -0.1) is 0 Å². The van der Waals surface area contributed by atoms with E-state index in [9.17, 15) is 0 Å². The van der Waals surface area contributed by atoms with Crippen molar-refractivity contribution in [2.45, 2.75) is 13.3 Å².